The molecule has 0 radical (unpaired) electrons. The first-order valence-electron chi connectivity index (χ1n) is 3.87. The van der Waals surface area contributed by atoms with E-state index in [1.807, 2.05) is 0 Å². The van der Waals surface area contributed by atoms with E-state index >= 15 is 0 Å². The van der Waals surface area contributed by atoms with Crippen molar-refractivity contribution < 1.29 is 18.6 Å². The largest absolute Gasteiger partial charge is 0.389 e. The lowest BCUT2D eigenvalue weighted by atomic mass is 10.3. The topological polar surface area (TPSA) is 77.8 Å². The highest BCUT2D eigenvalue weighted by atomic mass is 35.5. The summed E-state index contributed by atoms with van der Waals surface area (Å²) in [6.07, 6.45) is -1.96. The minimum Gasteiger partial charge on any atom is -0.389 e. The molecular formula is C6H12ClNO4S. The van der Waals surface area contributed by atoms with Crippen molar-refractivity contribution in [2.45, 2.75) is 12.2 Å². The van der Waals surface area contributed by atoms with Crippen LogP contribution in [0.5, 0.6) is 0 Å². The Labute approximate surface area is 82.0 Å². The first-order chi connectivity index (χ1) is 5.97. The van der Waals surface area contributed by atoms with Crippen molar-refractivity contribution in [3.8, 4) is 0 Å². The van der Waals surface area contributed by atoms with Gasteiger partial charge in [-0.1, -0.05) is 0 Å². The molecule has 1 fully saturated rings. The molecule has 0 aromatic heterocycles. The lowest BCUT2D eigenvalue weighted by Gasteiger charge is -2.13. The van der Waals surface area contributed by atoms with Gasteiger partial charge >= 0.3 is 0 Å². The predicted octanol–water partition coefficient (Wildman–Crippen LogP) is -1.41. The van der Waals surface area contributed by atoms with E-state index in [4.69, 9.17) is 21.8 Å². The van der Waals surface area contributed by atoms with Gasteiger partial charge in [-0.25, -0.2) is 8.42 Å². The maximum Gasteiger partial charge on any atom is 0.215 e. The van der Waals surface area contributed by atoms with Crippen molar-refractivity contribution in [3.63, 3.8) is 0 Å². The molecule has 1 aliphatic heterocycles. The van der Waals surface area contributed by atoms with Gasteiger partial charge in [0.05, 0.1) is 18.0 Å². The first kappa shape index (κ1) is 11.2. The second kappa shape index (κ2) is 4.10. The van der Waals surface area contributed by atoms with Crippen LogP contribution < -0.4 is 0 Å². The van der Waals surface area contributed by atoms with Crippen LogP contribution >= 0.6 is 11.6 Å². The van der Waals surface area contributed by atoms with Gasteiger partial charge in [0.2, 0.25) is 10.0 Å². The zero-order valence-corrected chi connectivity index (χ0v) is 8.50. The van der Waals surface area contributed by atoms with Crippen LogP contribution in [0, 0.1) is 0 Å². The van der Waals surface area contributed by atoms with Crippen LogP contribution in [0.25, 0.3) is 0 Å². The van der Waals surface area contributed by atoms with E-state index in [1.54, 1.807) is 0 Å². The molecule has 2 N–H and O–H groups in total. The lowest BCUT2D eigenvalue weighted by molar-refractivity contribution is 0.0572. The summed E-state index contributed by atoms with van der Waals surface area (Å²) in [5.74, 6) is -0.140. The molecule has 0 saturated carbocycles. The molecule has 1 aliphatic rings. The van der Waals surface area contributed by atoms with Crippen LogP contribution in [0.3, 0.4) is 0 Å². The fraction of sp³-hybridized carbons (Fsp3) is 1.00. The molecule has 2 unspecified atom stereocenters. The Morgan fingerprint density at radius 3 is 2.15 bits per heavy atom. The SMILES string of the molecule is O=S(=O)(CCCl)N1CC(O)C(O)C1. The Bertz CT molecular complexity index is 258. The summed E-state index contributed by atoms with van der Waals surface area (Å²) in [6, 6.07) is 0. The van der Waals surface area contributed by atoms with E-state index in [0.717, 1.165) is 4.31 Å². The highest BCUT2D eigenvalue weighted by Gasteiger charge is 2.36. The third-order valence-corrected chi connectivity index (χ3v) is 4.17. The molecule has 0 aliphatic carbocycles. The molecule has 0 spiro atoms. The summed E-state index contributed by atoms with van der Waals surface area (Å²) in [6.45, 7) is -0.0826. The Morgan fingerprint density at radius 1 is 1.31 bits per heavy atom. The molecule has 0 aromatic rings. The predicted molar refractivity (Wildman–Crippen MR) is 48.1 cm³/mol. The van der Waals surface area contributed by atoms with Crippen molar-refractivity contribution in [1.82, 2.24) is 4.31 Å². The first-order valence-corrected chi connectivity index (χ1v) is 6.01. The highest BCUT2D eigenvalue weighted by Crippen LogP contribution is 2.14. The minimum absolute atomic E-state index is 0.0189. The Hall–Kier alpha value is 0.120. The number of alkyl halides is 1. The number of aliphatic hydroxyl groups is 2. The number of halogens is 1. The quantitative estimate of drug-likeness (QED) is 0.583. The van der Waals surface area contributed by atoms with Gasteiger partial charge in [0.1, 0.15) is 0 Å². The number of β-amino-alcohol motifs (C(OH)–C–C–N with tert-alkyl or cyclic N) is 2. The second-order valence-corrected chi connectivity index (χ2v) is 5.42. The summed E-state index contributed by atoms with van der Waals surface area (Å²) >= 11 is 5.31. The summed E-state index contributed by atoms with van der Waals surface area (Å²) in [7, 11) is -3.39. The fourth-order valence-electron chi connectivity index (χ4n) is 1.19. The van der Waals surface area contributed by atoms with E-state index in [1.165, 1.54) is 0 Å². The molecule has 7 heteroatoms. The number of sulfonamides is 1. The molecular weight excluding hydrogens is 218 g/mol. The van der Waals surface area contributed by atoms with Crippen LogP contribution in [0.15, 0.2) is 0 Å². The lowest BCUT2D eigenvalue weighted by Crippen LogP contribution is -2.32. The van der Waals surface area contributed by atoms with Gasteiger partial charge in [-0.05, 0) is 0 Å². The van der Waals surface area contributed by atoms with Gasteiger partial charge < -0.3 is 10.2 Å². The van der Waals surface area contributed by atoms with Gasteiger partial charge in [0.15, 0.2) is 0 Å². The van der Waals surface area contributed by atoms with E-state index in [2.05, 4.69) is 0 Å². The monoisotopic (exact) mass is 229 g/mol. The van der Waals surface area contributed by atoms with Crippen LogP contribution in [0.2, 0.25) is 0 Å². The molecule has 13 heavy (non-hydrogen) atoms. The van der Waals surface area contributed by atoms with Crippen molar-refractivity contribution in [3.05, 3.63) is 0 Å². The maximum atomic E-state index is 11.3. The average Bonchev–Trinajstić information content (AvgIpc) is 2.33. The summed E-state index contributed by atoms with van der Waals surface area (Å²) in [5.41, 5.74) is 0. The Morgan fingerprint density at radius 2 is 1.77 bits per heavy atom. The average molecular weight is 230 g/mol. The second-order valence-electron chi connectivity index (χ2n) is 2.96. The third kappa shape index (κ3) is 2.54. The Balaban J connectivity index is 2.65. The fourth-order valence-corrected chi connectivity index (χ4v) is 2.99. The molecule has 1 rings (SSSR count). The normalized spacial score (nSPS) is 31.0. The number of nitrogens with zero attached hydrogens (tertiary/aromatic N) is 1. The standard InChI is InChI=1S/C6H12ClNO4S/c7-1-2-13(11,12)8-3-5(9)6(10)4-8/h5-6,9-10H,1-4H2. The molecule has 2 atom stereocenters. The number of rotatable bonds is 3. The van der Waals surface area contributed by atoms with Crippen molar-refractivity contribution >= 4 is 21.6 Å². The summed E-state index contributed by atoms with van der Waals surface area (Å²) < 4.78 is 23.7. The van der Waals surface area contributed by atoms with Crippen LogP contribution in [0.4, 0.5) is 0 Å². The van der Waals surface area contributed by atoms with Crippen molar-refractivity contribution in [2.75, 3.05) is 24.7 Å². The molecule has 78 valence electrons. The number of hydrogen-bond acceptors (Lipinski definition) is 4. The van der Waals surface area contributed by atoms with E-state index in [0.29, 0.717) is 0 Å². The molecule has 0 aromatic carbocycles. The highest BCUT2D eigenvalue weighted by molar-refractivity contribution is 7.89. The minimum atomic E-state index is -3.39. The van der Waals surface area contributed by atoms with E-state index < -0.39 is 22.2 Å². The van der Waals surface area contributed by atoms with Crippen LogP contribution in [-0.2, 0) is 10.0 Å². The zero-order chi connectivity index (χ0) is 10.1. The molecule has 1 heterocycles. The molecule has 1 saturated heterocycles. The molecule has 5 nitrogen and oxygen atoms in total. The smallest absolute Gasteiger partial charge is 0.215 e. The summed E-state index contributed by atoms with van der Waals surface area (Å²) in [4.78, 5) is 0. The Kier molecular flexibility index (Phi) is 3.53. The summed E-state index contributed by atoms with van der Waals surface area (Å²) in [5, 5.41) is 18.2. The van der Waals surface area contributed by atoms with Crippen molar-refractivity contribution in [2.24, 2.45) is 0 Å². The maximum absolute atomic E-state index is 11.3. The van der Waals surface area contributed by atoms with Gasteiger partial charge in [0, 0.05) is 19.0 Å². The zero-order valence-electron chi connectivity index (χ0n) is 6.93. The van der Waals surface area contributed by atoms with Gasteiger partial charge in [-0.3, -0.25) is 0 Å². The third-order valence-electron chi connectivity index (χ3n) is 1.95. The molecule has 0 bridgehead atoms. The number of aliphatic hydroxyl groups excluding tert-OH is 2. The van der Waals surface area contributed by atoms with Gasteiger partial charge in [-0.2, -0.15) is 4.31 Å². The number of hydrogen-bond donors (Lipinski definition) is 2. The van der Waals surface area contributed by atoms with Crippen molar-refractivity contribution in [1.29, 1.82) is 0 Å². The van der Waals surface area contributed by atoms with Crippen LogP contribution in [-0.4, -0.2) is 59.9 Å². The van der Waals surface area contributed by atoms with Gasteiger partial charge in [0.25, 0.3) is 0 Å². The van der Waals surface area contributed by atoms with E-state index in [9.17, 15) is 8.42 Å². The van der Waals surface area contributed by atoms with Gasteiger partial charge in [-0.15, -0.1) is 11.6 Å². The van der Waals surface area contributed by atoms with E-state index in [-0.39, 0.29) is 24.7 Å². The van der Waals surface area contributed by atoms with Crippen LogP contribution in [0.1, 0.15) is 0 Å². The molecule has 0 amide bonds.